The van der Waals surface area contributed by atoms with Gasteiger partial charge < -0.3 is 9.47 Å². The standard InChI is InChI=1S/C9H9NO2S/c1-11-6-12-7-2-3-8-9(4-7)13-5-10-8/h2-5H,6H2,1H3. The van der Waals surface area contributed by atoms with Gasteiger partial charge in [0, 0.05) is 7.11 Å². The lowest BCUT2D eigenvalue weighted by molar-refractivity contribution is 0.0512. The molecule has 1 aromatic heterocycles. The number of nitrogens with zero attached hydrogens (tertiary/aromatic N) is 1. The molecule has 0 bridgehead atoms. The highest BCUT2D eigenvalue weighted by Crippen LogP contribution is 2.22. The fourth-order valence-corrected chi connectivity index (χ4v) is 1.76. The summed E-state index contributed by atoms with van der Waals surface area (Å²) >= 11 is 1.60. The van der Waals surface area contributed by atoms with Crippen LogP contribution in [0, 0.1) is 0 Å². The van der Waals surface area contributed by atoms with Crippen molar-refractivity contribution in [3.8, 4) is 5.75 Å². The van der Waals surface area contributed by atoms with Crippen LogP contribution in [0.2, 0.25) is 0 Å². The Bertz CT molecular complexity index is 399. The first-order chi connectivity index (χ1) is 6.40. The van der Waals surface area contributed by atoms with Crippen LogP contribution < -0.4 is 4.74 Å². The van der Waals surface area contributed by atoms with Crippen LogP contribution in [0.15, 0.2) is 23.7 Å². The second kappa shape index (κ2) is 3.72. The Morgan fingerprint density at radius 3 is 3.23 bits per heavy atom. The van der Waals surface area contributed by atoms with Crippen LogP contribution in [0.4, 0.5) is 0 Å². The monoisotopic (exact) mass is 195 g/mol. The summed E-state index contributed by atoms with van der Waals surface area (Å²) in [6.45, 7) is 0.282. The van der Waals surface area contributed by atoms with Crippen LogP contribution in [0.3, 0.4) is 0 Å². The highest BCUT2D eigenvalue weighted by Gasteiger charge is 1.98. The largest absolute Gasteiger partial charge is 0.468 e. The van der Waals surface area contributed by atoms with Crippen molar-refractivity contribution >= 4 is 21.6 Å². The second-order valence-corrected chi connectivity index (χ2v) is 3.42. The van der Waals surface area contributed by atoms with Crippen molar-refractivity contribution in [1.29, 1.82) is 0 Å². The number of ether oxygens (including phenoxy) is 2. The third kappa shape index (κ3) is 1.79. The summed E-state index contributed by atoms with van der Waals surface area (Å²) in [5, 5.41) is 0. The molecule has 68 valence electrons. The average molecular weight is 195 g/mol. The van der Waals surface area contributed by atoms with E-state index in [1.807, 2.05) is 23.7 Å². The Morgan fingerprint density at radius 2 is 2.38 bits per heavy atom. The number of fused-ring (bicyclic) bond motifs is 1. The average Bonchev–Trinajstić information content (AvgIpc) is 2.61. The quantitative estimate of drug-likeness (QED) is 0.704. The molecule has 0 radical (unpaired) electrons. The first-order valence-corrected chi connectivity index (χ1v) is 4.73. The molecule has 1 heterocycles. The molecule has 0 aliphatic heterocycles. The molecule has 13 heavy (non-hydrogen) atoms. The van der Waals surface area contributed by atoms with E-state index >= 15 is 0 Å². The number of aromatic nitrogens is 1. The van der Waals surface area contributed by atoms with E-state index < -0.39 is 0 Å². The summed E-state index contributed by atoms with van der Waals surface area (Å²) in [5.41, 5.74) is 2.83. The van der Waals surface area contributed by atoms with Gasteiger partial charge >= 0.3 is 0 Å². The summed E-state index contributed by atoms with van der Waals surface area (Å²) < 4.78 is 11.2. The van der Waals surface area contributed by atoms with Crippen LogP contribution >= 0.6 is 11.3 Å². The van der Waals surface area contributed by atoms with Gasteiger partial charge in [-0.1, -0.05) is 0 Å². The van der Waals surface area contributed by atoms with E-state index in [1.54, 1.807) is 18.4 Å². The van der Waals surface area contributed by atoms with Gasteiger partial charge in [0.05, 0.1) is 15.7 Å². The molecular weight excluding hydrogens is 186 g/mol. The highest BCUT2D eigenvalue weighted by molar-refractivity contribution is 7.16. The van der Waals surface area contributed by atoms with Gasteiger partial charge in [-0.25, -0.2) is 4.98 Å². The van der Waals surface area contributed by atoms with Gasteiger partial charge in [0.25, 0.3) is 0 Å². The van der Waals surface area contributed by atoms with Gasteiger partial charge in [0.15, 0.2) is 6.79 Å². The maximum atomic E-state index is 5.29. The van der Waals surface area contributed by atoms with E-state index in [0.29, 0.717) is 0 Å². The fourth-order valence-electron chi connectivity index (χ4n) is 1.05. The number of hydrogen-bond acceptors (Lipinski definition) is 4. The van der Waals surface area contributed by atoms with E-state index in [-0.39, 0.29) is 6.79 Å². The molecule has 0 aliphatic carbocycles. The van der Waals surface area contributed by atoms with Gasteiger partial charge in [-0.15, -0.1) is 11.3 Å². The highest BCUT2D eigenvalue weighted by atomic mass is 32.1. The topological polar surface area (TPSA) is 31.4 Å². The Labute approximate surface area is 79.9 Å². The minimum Gasteiger partial charge on any atom is -0.468 e. The van der Waals surface area contributed by atoms with Gasteiger partial charge in [-0.05, 0) is 18.2 Å². The molecule has 2 rings (SSSR count). The molecule has 0 spiro atoms. The predicted molar refractivity (Wildman–Crippen MR) is 52.1 cm³/mol. The van der Waals surface area contributed by atoms with Gasteiger partial charge in [0.2, 0.25) is 0 Å². The Morgan fingerprint density at radius 1 is 1.46 bits per heavy atom. The Kier molecular flexibility index (Phi) is 2.42. The predicted octanol–water partition coefficient (Wildman–Crippen LogP) is 2.28. The lowest BCUT2D eigenvalue weighted by Crippen LogP contribution is -1.98. The van der Waals surface area contributed by atoms with Crippen molar-refractivity contribution in [2.75, 3.05) is 13.9 Å². The van der Waals surface area contributed by atoms with E-state index in [0.717, 1.165) is 16.0 Å². The van der Waals surface area contributed by atoms with E-state index in [9.17, 15) is 0 Å². The van der Waals surface area contributed by atoms with Crippen molar-refractivity contribution in [2.24, 2.45) is 0 Å². The van der Waals surface area contributed by atoms with Crippen LogP contribution in [-0.2, 0) is 4.74 Å². The van der Waals surface area contributed by atoms with Crippen LogP contribution in [-0.4, -0.2) is 18.9 Å². The summed E-state index contributed by atoms with van der Waals surface area (Å²) in [5.74, 6) is 0.818. The molecular formula is C9H9NO2S. The third-order valence-electron chi connectivity index (χ3n) is 1.65. The smallest absolute Gasteiger partial charge is 0.188 e. The number of thiazole rings is 1. The summed E-state index contributed by atoms with van der Waals surface area (Å²) in [7, 11) is 1.60. The molecule has 0 N–H and O–H groups in total. The molecule has 0 saturated heterocycles. The number of rotatable bonds is 3. The molecule has 4 heteroatoms. The van der Waals surface area contributed by atoms with Crippen LogP contribution in [0.1, 0.15) is 0 Å². The molecule has 0 aliphatic rings. The molecule has 0 saturated carbocycles. The lowest BCUT2D eigenvalue weighted by Gasteiger charge is -2.03. The number of methoxy groups -OCH3 is 1. The van der Waals surface area contributed by atoms with Crippen molar-refractivity contribution in [2.45, 2.75) is 0 Å². The second-order valence-electron chi connectivity index (χ2n) is 2.53. The van der Waals surface area contributed by atoms with Crippen molar-refractivity contribution in [1.82, 2.24) is 4.98 Å². The van der Waals surface area contributed by atoms with Crippen LogP contribution in [0.5, 0.6) is 5.75 Å². The van der Waals surface area contributed by atoms with Crippen LogP contribution in [0.25, 0.3) is 10.2 Å². The zero-order valence-corrected chi connectivity index (χ0v) is 8.00. The molecule has 2 aromatic rings. The summed E-state index contributed by atoms with van der Waals surface area (Å²) in [6, 6.07) is 5.80. The van der Waals surface area contributed by atoms with Crippen molar-refractivity contribution in [3.05, 3.63) is 23.7 Å². The SMILES string of the molecule is COCOc1ccc2ncsc2c1. The molecule has 0 unspecified atom stereocenters. The van der Waals surface area contributed by atoms with Gasteiger partial charge in [-0.2, -0.15) is 0 Å². The molecule has 0 fully saturated rings. The lowest BCUT2D eigenvalue weighted by atomic mass is 10.3. The Hall–Kier alpha value is -1.13. The Balaban J connectivity index is 2.26. The van der Waals surface area contributed by atoms with Gasteiger partial charge in [-0.3, -0.25) is 0 Å². The van der Waals surface area contributed by atoms with E-state index in [4.69, 9.17) is 9.47 Å². The number of benzene rings is 1. The molecule has 3 nitrogen and oxygen atoms in total. The summed E-state index contributed by atoms with van der Waals surface area (Å²) in [4.78, 5) is 4.17. The first kappa shape index (κ1) is 8.47. The first-order valence-electron chi connectivity index (χ1n) is 3.85. The maximum absolute atomic E-state index is 5.29. The molecule has 0 atom stereocenters. The zero-order chi connectivity index (χ0) is 9.10. The minimum atomic E-state index is 0.282. The number of hydrogen-bond donors (Lipinski definition) is 0. The minimum absolute atomic E-state index is 0.282. The summed E-state index contributed by atoms with van der Waals surface area (Å²) in [6.07, 6.45) is 0. The fraction of sp³-hybridized carbons (Fsp3) is 0.222. The maximum Gasteiger partial charge on any atom is 0.188 e. The zero-order valence-electron chi connectivity index (χ0n) is 7.19. The molecule has 0 amide bonds. The molecule has 1 aromatic carbocycles. The van der Waals surface area contributed by atoms with E-state index in [1.165, 1.54) is 0 Å². The van der Waals surface area contributed by atoms with Crippen molar-refractivity contribution in [3.63, 3.8) is 0 Å². The van der Waals surface area contributed by atoms with Crippen molar-refractivity contribution < 1.29 is 9.47 Å². The van der Waals surface area contributed by atoms with Gasteiger partial charge in [0.1, 0.15) is 5.75 Å². The normalized spacial score (nSPS) is 10.5. The van der Waals surface area contributed by atoms with E-state index in [2.05, 4.69) is 4.98 Å². The third-order valence-corrected chi connectivity index (χ3v) is 2.44.